The molecule has 2 rings (SSSR count). The highest BCUT2D eigenvalue weighted by Crippen LogP contribution is 2.29. The van der Waals surface area contributed by atoms with E-state index < -0.39 is 0 Å². The van der Waals surface area contributed by atoms with Crippen molar-refractivity contribution in [2.45, 2.75) is 40.0 Å². The van der Waals surface area contributed by atoms with Gasteiger partial charge in [0.2, 0.25) is 0 Å². The highest BCUT2D eigenvalue weighted by molar-refractivity contribution is 5.49. The molecule has 1 aliphatic heterocycles. The molecule has 1 aromatic carbocycles. The Morgan fingerprint density at radius 2 is 1.48 bits per heavy atom. The van der Waals surface area contributed by atoms with Gasteiger partial charge in [-0.05, 0) is 23.1 Å². The van der Waals surface area contributed by atoms with E-state index in [1.165, 1.54) is 11.3 Å². The first-order valence-electron chi connectivity index (χ1n) is 7.92. The van der Waals surface area contributed by atoms with Crippen LogP contribution >= 0.6 is 0 Å². The molecule has 0 aliphatic carbocycles. The summed E-state index contributed by atoms with van der Waals surface area (Å²) in [5.74, 6) is 0. The van der Waals surface area contributed by atoms with Crippen LogP contribution in [0.15, 0.2) is 36.4 Å². The van der Waals surface area contributed by atoms with Gasteiger partial charge in [0, 0.05) is 24.2 Å². The first-order valence-corrected chi connectivity index (χ1v) is 7.92. The molecule has 0 saturated carbocycles. The molecule has 21 heavy (non-hydrogen) atoms. The van der Waals surface area contributed by atoms with E-state index in [1.54, 1.807) is 0 Å². The molecule has 0 spiro atoms. The minimum atomic E-state index is 0.0663. The molecule has 2 heteroatoms. The maximum absolute atomic E-state index is 5.41. The van der Waals surface area contributed by atoms with Gasteiger partial charge in [-0.15, -0.1) is 0 Å². The highest BCUT2D eigenvalue weighted by Gasteiger charge is 2.19. The molecule has 1 aliphatic rings. The van der Waals surface area contributed by atoms with Crippen LogP contribution in [-0.2, 0) is 10.2 Å². The lowest BCUT2D eigenvalue weighted by Crippen LogP contribution is -2.36. The molecule has 0 aromatic heterocycles. The standard InChI is InChI=1S/C19H29NO/c1-18(2,3)10-11-19(4,5)16-6-8-17(9-7-16)20-12-14-21-15-13-20/h6-11H,12-15H2,1-5H3/b11-10+. The zero-order chi connectivity index (χ0) is 15.5. The largest absolute Gasteiger partial charge is 0.378 e. The van der Waals surface area contributed by atoms with Crippen molar-refractivity contribution in [3.05, 3.63) is 42.0 Å². The number of rotatable bonds is 3. The summed E-state index contributed by atoms with van der Waals surface area (Å²) in [4.78, 5) is 2.39. The first kappa shape index (κ1) is 16.1. The molecule has 116 valence electrons. The Labute approximate surface area is 129 Å². The second-order valence-corrected chi connectivity index (χ2v) is 7.57. The smallest absolute Gasteiger partial charge is 0.0642 e. The van der Waals surface area contributed by atoms with E-state index in [9.17, 15) is 0 Å². The van der Waals surface area contributed by atoms with E-state index in [-0.39, 0.29) is 10.8 Å². The summed E-state index contributed by atoms with van der Waals surface area (Å²) in [7, 11) is 0. The average Bonchev–Trinajstić information content (AvgIpc) is 2.46. The third-order valence-corrected chi connectivity index (χ3v) is 3.99. The zero-order valence-corrected chi connectivity index (χ0v) is 14.1. The molecule has 0 unspecified atom stereocenters. The van der Waals surface area contributed by atoms with Crippen molar-refractivity contribution < 1.29 is 4.74 Å². The Balaban J connectivity index is 2.12. The SMILES string of the molecule is CC(C)(C)/C=C/C(C)(C)c1ccc(N2CCOCC2)cc1. The van der Waals surface area contributed by atoms with Crippen molar-refractivity contribution in [2.75, 3.05) is 31.2 Å². The summed E-state index contributed by atoms with van der Waals surface area (Å²) >= 11 is 0. The van der Waals surface area contributed by atoms with Crippen LogP contribution < -0.4 is 4.90 Å². The molecule has 1 saturated heterocycles. The molecule has 1 fully saturated rings. The van der Waals surface area contributed by atoms with Crippen LogP contribution in [-0.4, -0.2) is 26.3 Å². The Kier molecular flexibility index (Phi) is 4.77. The molecule has 0 amide bonds. The van der Waals surface area contributed by atoms with Crippen LogP contribution in [0, 0.1) is 5.41 Å². The molecule has 1 aromatic rings. The van der Waals surface area contributed by atoms with E-state index in [0.717, 1.165) is 26.3 Å². The van der Waals surface area contributed by atoms with Gasteiger partial charge in [0.15, 0.2) is 0 Å². The minimum absolute atomic E-state index is 0.0663. The Hall–Kier alpha value is -1.28. The van der Waals surface area contributed by atoms with Crippen molar-refractivity contribution >= 4 is 5.69 Å². The summed E-state index contributed by atoms with van der Waals surface area (Å²) in [5, 5.41) is 0. The summed E-state index contributed by atoms with van der Waals surface area (Å²) in [6.07, 6.45) is 4.64. The Morgan fingerprint density at radius 1 is 0.905 bits per heavy atom. The number of hydrogen-bond donors (Lipinski definition) is 0. The quantitative estimate of drug-likeness (QED) is 0.764. The second kappa shape index (κ2) is 6.23. The van der Waals surface area contributed by atoms with Crippen molar-refractivity contribution in [1.29, 1.82) is 0 Å². The van der Waals surface area contributed by atoms with Crippen LogP contribution in [0.1, 0.15) is 40.2 Å². The van der Waals surface area contributed by atoms with Gasteiger partial charge >= 0.3 is 0 Å². The summed E-state index contributed by atoms with van der Waals surface area (Å²) < 4.78 is 5.41. The maximum atomic E-state index is 5.41. The van der Waals surface area contributed by atoms with E-state index in [0.29, 0.717) is 0 Å². The summed E-state index contributed by atoms with van der Waals surface area (Å²) in [6.45, 7) is 14.9. The normalized spacial score (nSPS) is 17.5. The van der Waals surface area contributed by atoms with Gasteiger partial charge in [-0.3, -0.25) is 0 Å². The molecular weight excluding hydrogens is 258 g/mol. The van der Waals surface area contributed by atoms with E-state index in [4.69, 9.17) is 4.74 Å². The number of nitrogens with zero attached hydrogens (tertiary/aromatic N) is 1. The summed E-state index contributed by atoms with van der Waals surface area (Å²) in [6, 6.07) is 9.01. The van der Waals surface area contributed by atoms with E-state index in [1.807, 2.05) is 0 Å². The fraction of sp³-hybridized carbons (Fsp3) is 0.579. The first-order chi connectivity index (χ1) is 9.78. The minimum Gasteiger partial charge on any atom is -0.378 e. The van der Waals surface area contributed by atoms with Crippen molar-refractivity contribution in [1.82, 2.24) is 0 Å². The van der Waals surface area contributed by atoms with Gasteiger partial charge < -0.3 is 9.64 Å². The zero-order valence-electron chi connectivity index (χ0n) is 14.1. The number of allylic oxidation sites excluding steroid dienone is 2. The van der Waals surface area contributed by atoms with Crippen molar-refractivity contribution in [2.24, 2.45) is 5.41 Å². The lowest BCUT2D eigenvalue weighted by Gasteiger charge is -2.30. The molecule has 0 N–H and O–H groups in total. The predicted molar refractivity (Wildman–Crippen MR) is 91.1 cm³/mol. The lowest BCUT2D eigenvalue weighted by atomic mass is 9.81. The van der Waals surface area contributed by atoms with Crippen molar-refractivity contribution in [3.8, 4) is 0 Å². The predicted octanol–water partition coefficient (Wildman–Crippen LogP) is 4.40. The maximum Gasteiger partial charge on any atom is 0.0642 e. The molecule has 0 radical (unpaired) electrons. The summed E-state index contributed by atoms with van der Waals surface area (Å²) in [5.41, 5.74) is 2.96. The van der Waals surface area contributed by atoms with Crippen LogP contribution in [0.4, 0.5) is 5.69 Å². The van der Waals surface area contributed by atoms with Gasteiger partial charge in [0.1, 0.15) is 0 Å². The lowest BCUT2D eigenvalue weighted by molar-refractivity contribution is 0.122. The second-order valence-electron chi connectivity index (χ2n) is 7.57. The van der Waals surface area contributed by atoms with Gasteiger partial charge in [0.05, 0.1) is 13.2 Å². The van der Waals surface area contributed by atoms with Crippen molar-refractivity contribution in [3.63, 3.8) is 0 Å². The topological polar surface area (TPSA) is 12.5 Å². The highest BCUT2D eigenvalue weighted by atomic mass is 16.5. The average molecular weight is 287 g/mol. The monoisotopic (exact) mass is 287 g/mol. The Bertz CT molecular complexity index is 473. The number of morpholine rings is 1. The molecular formula is C19H29NO. The van der Waals surface area contributed by atoms with Gasteiger partial charge in [-0.25, -0.2) is 0 Å². The van der Waals surface area contributed by atoms with Gasteiger partial charge in [-0.2, -0.15) is 0 Å². The van der Waals surface area contributed by atoms with Crippen LogP contribution in [0.3, 0.4) is 0 Å². The molecule has 0 atom stereocenters. The van der Waals surface area contributed by atoms with E-state index >= 15 is 0 Å². The van der Waals surface area contributed by atoms with E-state index in [2.05, 4.69) is 75.9 Å². The number of anilines is 1. The molecule has 1 heterocycles. The van der Waals surface area contributed by atoms with Crippen LogP contribution in [0.25, 0.3) is 0 Å². The third-order valence-electron chi connectivity index (χ3n) is 3.99. The van der Waals surface area contributed by atoms with Crippen LogP contribution in [0.5, 0.6) is 0 Å². The van der Waals surface area contributed by atoms with Gasteiger partial charge in [-0.1, -0.05) is 58.9 Å². The Morgan fingerprint density at radius 3 is 2.00 bits per heavy atom. The van der Waals surface area contributed by atoms with Gasteiger partial charge in [0.25, 0.3) is 0 Å². The fourth-order valence-corrected chi connectivity index (χ4v) is 2.48. The number of hydrogen-bond acceptors (Lipinski definition) is 2. The fourth-order valence-electron chi connectivity index (χ4n) is 2.48. The van der Waals surface area contributed by atoms with Crippen LogP contribution in [0.2, 0.25) is 0 Å². The third kappa shape index (κ3) is 4.60. The number of benzene rings is 1. The molecule has 0 bridgehead atoms. The number of ether oxygens (including phenoxy) is 1. The molecule has 2 nitrogen and oxygen atoms in total.